The molecule has 0 aliphatic heterocycles. The van der Waals surface area contributed by atoms with Gasteiger partial charge in [0.15, 0.2) is 0 Å². The first-order chi connectivity index (χ1) is 10.3. The summed E-state index contributed by atoms with van der Waals surface area (Å²) >= 11 is 0. The molecule has 3 aromatic heterocycles. The van der Waals surface area contributed by atoms with E-state index in [2.05, 4.69) is 30.2 Å². The van der Waals surface area contributed by atoms with Crippen LogP contribution in [-0.4, -0.2) is 40.6 Å². The van der Waals surface area contributed by atoms with Gasteiger partial charge in [0.05, 0.1) is 6.33 Å². The Morgan fingerprint density at radius 3 is 2.67 bits per heavy atom. The largest absolute Gasteiger partial charge is 0.368 e. The molecule has 0 unspecified atom stereocenters. The summed E-state index contributed by atoms with van der Waals surface area (Å²) in [6.07, 6.45) is 11.4. The fourth-order valence-corrected chi connectivity index (χ4v) is 1.83. The summed E-state index contributed by atoms with van der Waals surface area (Å²) in [6.45, 7) is 1.60. The minimum absolute atomic E-state index is 0.172. The minimum atomic E-state index is 0.172. The third-order valence-corrected chi connectivity index (χ3v) is 2.81. The molecule has 0 aliphatic carbocycles. The normalized spacial score (nSPS) is 10.7. The topological polar surface area (TPSA) is 112 Å². The Kier molecular flexibility index (Phi) is 3.72. The Morgan fingerprint density at radius 1 is 1.05 bits per heavy atom. The first-order valence-electron chi connectivity index (χ1n) is 6.51. The molecule has 3 rings (SSSR count). The van der Waals surface area contributed by atoms with E-state index in [1.54, 1.807) is 35.8 Å². The summed E-state index contributed by atoms with van der Waals surface area (Å²) in [5, 5.41) is 3.14. The monoisotopic (exact) mass is 285 g/mol. The Morgan fingerprint density at radius 2 is 1.90 bits per heavy atom. The molecule has 21 heavy (non-hydrogen) atoms. The fraction of sp³-hybridized carbons (Fsp3) is 0.250. The molecule has 0 saturated heterocycles. The van der Waals surface area contributed by atoms with E-state index in [9.17, 15) is 0 Å². The number of aromatic nitrogens is 7. The van der Waals surface area contributed by atoms with Crippen LogP contribution >= 0.6 is 0 Å². The van der Waals surface area contributed by atoms with Crippen molar-refractivity contribution in [1.82, 2.24) is 34.1 Å². The molecular formula is C12H15N9. The van der Waals surface area contributed by atoms with Gasteiger partial charge in [0.2, 0.25) is 17.8 Å². The predicted octanol–water partition coefficient (Wildman–Crippen LogP) is 0.338. The highest BCUT2D eigenvalue weighted by Gasteiger charge is 2.05. The Hall–Kier alpha value is -2.97. The lowest BCUT2D eigenvalue weighted by Gasteiger charge is -2.07. The highest BCUT2D eigenvalue weighted by molar-refractivity contribution is 5.34. The molecule has 9 heteroatoms. The summed E-state index contributed by atoms with van der Waals surface area (Å²) < 4.78 is 3.69. The number of aryl methyl sites for hydroxylation is 1. The van der Waals surface area contributed by atoms with Crippen molar-refractivity contribution in [1.29, 1.82) is 0 Å². The number of rotatable bonds is 6. The summed E-state index contributed by atoms with van der Waals surface area (Å²) in [7, 11) is 0. The van der Waals surface area contributed by atoms with Crippen molar-refractivity contribution in [3.63, 3.8) is 0 Å². The maximum Gasteiger partial charge on any atom is 0.241 e. The maximum atomic E-state index is 5.70. The SMILES string of the molecule is Nc1nc(NCCCn2ccnc2)nc(-n2ccnc2)n1. The number of nitrogens with two attached hydrogens (primary N) is 1. The van der Waals surface area contributed by atoms with Crippen molar-refractivity contribution >= 4 is 11.9 Å². The quantitative estimate of drug-likeness (QED) is 0.628. The summed E-state index contributed by atoms with van der Waals surface area (Å²) in [5.41, 5.74) is 5.70. The number of anilines is 2. The number of imidazole rings is 2. The molecule has 0 aromatic carbocycles. The van der Waals surface area contributed by atoms with Gasteiger partial charge in [-0.05, 0) is 6.42 Å². The van der Waals surface area contributed by atoms with E-state index >= 15 is 0 Å². The summed E-state index contributed by atoms with van der Waals surface area (Å²) in [4.78, 5) is 20.4. The minimum Gasteiger partial charge on any atom is -0.368 e. The highest BCUT2D eigenvalue weighted by Crippen LogP contribution is 2.06. The molecule has 0 bridgehead atoms. The van der Waals surface area contributed by atoms with Crippen LogP contribution in [0.1, 0.15) is 6.42 Å². The van der Waals surface area contributed by atoms with Crippen molar-refractivity contribution in [2.75, 3.05) is 17.6 Å². The molecule has 0 radical (unpaired) electrons. The van der Waals surface area contributed by atoms with Gasteiger partial charge < -0.3 is 15.6 Å². The average Bonchev–Trinajstić information content (AvgIpc) is 3.16. The third-order valence-electron chi connectivity index (χ3n) is 2.81. The summed E-state index contributed by atoms with van der Waals surface area (Å²) in [5.74, 6) is 1.07. The zero-order chi connectivity index (χ0) is 14.5. The molecule has 0 spiro atoms. The number of hydrogen-bond acceptors (Lipinski definition) is 7. The molecular weight excluding hydrogens is 270 g/mol. The second kappa shape index (κ2) is 5.99. The Labute approximate surface area is 120 Å². The third kappa shape index (κ3) is 3.32. The van der Waals surface area contributed by atoms with Crippen LogP contribution in [0.15, 0.2) is 37.4 Å². The van der Waals surface area contributed by atoms with Crippen LogP contribution in [0, 0.1) is 0 Å². The first kappa shape index (κ1) is 13.0. The molecule has 9 nitrogen and oxygen atoms in total. The molecule has 0 aliphatic rings. The van der Waals surface area contributed by atoms with Crippen molar-refractivity contribution in [3.8, 4) is 5.95 Å². The Bertz CT molecular complexity index is 675. The van der Waals surface area contributed by atoms with Crippen LogP contribution in [0.2, 0.25) is 0 Å². The zero-order valence-corrected chi connectivity index (χ0v) is 11.3. The number of nitrogens with one attached hydrogen (secondary N) is 1. The van der Waals surface area contributed by atoms with Crippen LogP contribution in [0.5, 0.6) is 0 Å². The maximum absolute atomic E-state index is 5.70. The molecule has 0 saturated carbocycles. The van der Waals surface area contributed by atoms with E-state index in [4.69, 9.17) is 5.73 Å². The van der Waals surface area contributed by atoms with Gasteiger partial charge in [-0.3, -0.25) is 4.57 Å². The van der Waals surface area contributed by atoms with Crippen molar-refractivity contribution in [3.05, 3.63) is 37.4 Å². The van der Waals surface area contributed by atoms with Crippen molar-refractivity contribution in [2.24, 2.45) is 0 Å². The zero-order valence-electron chi connectivity index (χ0n) is 11.3. The van der Waals surface area contributed by atoms with Gasteiger partial charge in [-0.1, -0.05) is 0 Å². The number of nitrogens with zero attached hydrogens (tertiary/aromatic N) is 7. The first-order valence-corrected chi connectivity index (χ1v) is 6.51. The van der Waals surface area contributed by atoms with E-state index in [1.165, 1.54) is 0 Å². The average molecular weight is 285 g/mol. The van der Waals surface area contributed by atoms with Gasteiger partial charge in [0, 0.05) is 37.9 Å². The van der Waals surface area contributed by atoms with E-state index in [1.807, 2.05) is 10.8 Å². The molecule has 3 heterocycles. The highest BCUT2D eigenvalue weighted by atomic mass is 15.3. The second-order valence-electron chi connectivity index (χ2n) is 4.37. The standard InChI is InChI=1S/C12H15N9/c13-10-17-11(16-2-1-5-20-6-3-14-8-20)19-12(18-10)21-7-4-15-9-21/h3-4,6-9H,1-2,5H2,(H3,13,16,17,18,19). The predicted molar refractivity (Wildman–Crippen MR) is 76.7 cm³/mol. The van der Waals surface area contributed by atoms with E-state index < -0.39 is 0 Å². The van der Waals surface area contributed by atoms with Crippen molar-refractivity contribution in [2.45, 2.75) is 13.0 Å². The van der Waals surface area contributed by atoms with Crippen molar-refractivity contribution < 1.29 is 0 Å². The van der Waals surface area contributed by atoms with Crippen LogP contribution in [0.3, 0.4) is 0 Å². The van der Waals surface area contributed by atoms with Crippen LogP contribution in [-0.2, 0) is 6.54 Å². The molecule has 3 aromatic rings. The van der Waals surface area contributed by atoms with Gasteiger partial charge in [0.25, 0.3) is 0 Å². The smallest absolute Gasteiger partial charge is 0.241 e. The lowest BCUT2D eigenvalue weighted by molar-refractivity contribution is 0.659. The van der Waals surface area contributed by atoms with Gasteiger partial charge in [0.1, 0.15) is 6.33 Å². The van der Waals surface area contributed by atoms with E-state index in [0.29, 0.717) is 11.9 Å². The van der Waals surface area contributed by atoms with E-state index in [0.717, 1.165) is 19.5 Å². The second-order valence-corrected chi connectivity index (χ2v) is 4.37. The number of nitrogen functional groups attached to an aromatic ring is 1. The Balaban J connectivity index is 1.60. The van der Waals surface area contributed by atoms with Gasteiger partial charge in [-0.25, -0.2) is 9.97 Å². The number of hydrogen-bond donors (Lipinski definition) is 2. The van der Waals surface area contributed by atoms with Gasteiger partial charge in [-0.15, -0.1) is 0 Å². The lowest BCUT2D eigenvalue weighted by Crippen LogP contribution is -2.12. The van der Waals surface area contributed by atoms with Crippen LogP contribution in [0.25, 0.3) is 5.95 Å². The lowest BCUT2D eigenvalue weighted by atomic mass is 10.4. The molecule has 3 N–H and O–H groups in total. The molecule has 0 atom stereocenters. The molecule has 0 amide bonds. The fourth-order valence-electron chi connectivity index (χ4n) is 1.83. The van der Waals surface area contributed by atoms with E-state index in [-0.39, 0.29) is 5.95 Å². The summed E-state index contributed by atoms with van der Waals surface area (Å²) in [6, 6.07) is 0. The van der Waals surface area contributed by atoms with Gasteiger partial charge in [-0.2, -0.15) is 15.0 Å². The molecule has 108 valence electrons. The van der Waals surface area contributed by atoms with Crippen LogP contribution in [0.4, 0.5) is 11.9 Å². The van der Waals surface area contributed by atoms with Gasteiger partial charge >= 0.3 is 0 Å². The molecule has 0 fully saturated rings. The van der Waals surface area contributed by atoms with Crippen LogP contribution < -0.4 is 11.1 Å².